The molecule has 0 bridgehead atoms. The van der Waals surface area contributed by atoms with Crippen molar-refractivity contribution in [1.82, 2.24) is 19.3 Å². The zero-order valence-corrected chi connectivity index (χ0v) is 16.7. The molecule has 2 fully saturated rings. The highest BCUT2D eigenvalue weighted by molar-refractivity contribution is 7.89. The molecule has 0 spiro atoms. The molecule has 2 aliphatic rings. The SMILES string of the molecule is CCC1CN(S(=O)(=O)CC2CC(N(C)c3ncnc4[nH]ccc34)C2)CCO1. The first kappa shape index (κ1) is 18.6. The van der Waals surface area contributed by atoms with Crippen LogP contribution in [0.5, 0.6) is 0 Å². The van der Waals surface area contributed by atoms with E-state index in [0.717, 1.165) is 36.1 Å². The van der Waals surface area contributed by atoms with Gasteiger partial charge in [0.2, 0.25) is 10.0 Å². The van der Waals surface area contributed by atoms with E-state index in [4.69, 9.17) is 4.74 Å². The Morgan fingerprint density at radius 1 is 1.37 bits per heavy atom. The highest BCUT2D eigenvalue weighted by Gasteiger charge is 2.38. The van der Waals surface area contributed by atoms with Gasteiger partial charge in [0.05, 0.1) is 23.8 Å². The average Bonchev–Trinajstić information content (AvgIpc) is 3.12. The lowest BCUT2D eigenvalue weighted by Gasteiger charge is -2.42. The first-order valence-electron chi connectivity index (χ1n) is 9.58. The second kappa shape index (κ2) is 7.37. The van der Waals surface area contributed by atoms with Gasteiger partial charge in [-0.05, 0) is 31.2 Å². The number of H-pyrrole nitrogens is 1. The Balaban J connectivity index is 1.36. The van der Waals surface area contributed by atoms with Crippen molar-refractivity contribution in [3.05, 3.63) is 18.6 Å². The van der Waals surface area contributed by atoms with E-state index < -0.39 is 10.0 Å². The van der Waals surface area contributed by atoms with Crippen molar-refractivity contribution in [3.63, 3.8) is 0 Å². The molecule has 9 heteroatoms. The number of nitrogens with one attached hydrogen (secondary N) is 1. The number of aromatic amines is 1. The van der Waals surface area contributed by atoms with Gasteiger partial charge in [-0.25, -0.2) is 18.4 Å². The summed E-state index contributed by atoms with van der Waals surface area (Å²) in [6, 6.07) is 2.29. The first-order chi connectivity index (χ1) is 13.0. The number of anilines is 1. The Hall–Kier alpha value is -1.71. The molecule has 1 saturated heterocycles. The van der Waals surface area contributed by atoms with Crippen LogP contribution in [0.25, 0.3) is 11.0 Å². The van der Waals surface area contributed by atoms with Crippen molar-refractivity contribution in [2.24, 2.45) is 5.92 Å². The molecule has 0 radical (unpaired) electrons. The lowest BCUT2D eigenvalue weighted by Crippen LogP contribution is -2.50. The standard InChI is InChI=1S/C18H27N5O3S/c1-3-15-10-23(6-7-26-15)27(24,25)11-13-8-14(9-13)22(2)18-16-4-5-19-17(16)20-12-21-18/h4-5,12-15H,3,6-11H2,1-2H3,(H,19,20,21). The monoisotopic (exact) mass is 393 g/mol. The molecule has 3 heterocycles. The second-order valence-electron chi connectivity index (χ2n) is 7.58. The molecule has 0 aromatic carbocycles. The largest absolute Gasteiger partial charge is 0.375 e. The summed E-state index contributed by atoms with van der Waals surface area (Å²) < 4.78 is 32.8. The summed E-state index contributed by atoms with van der Waals surface area (Å²) >= 11 is 0. The van der Waals surface area contributed by atoms with Crippen LogP contribution in [0.2, 0.25) is 0 Å². The maximum Gasteiger partial charge on any atom is 0.214 e. The molecule has 1 unspecified atom stereocenters. The third-order valence-electron chi connectivity index (χ3n) is 5.82. The van der Waals surface area contributed by atoms with Gasteiger partial charge in [-0.15, -0.1) is 0 Å². The summed E-state index contributed by atoms with van der Waals surface area (Å²) in [5, 5.41) is 0.995. The molecule has 4 rings (SSSR count). The second-order valence-corrected chi connectivity index (χ2v) is 9.59. The third-order valence-corrected chi connectivity index (χ3v) is 7.83. The number of sulfonamides is 1. The van der Waals surface area contributed by atoms with E-state index in [1.807, 2.05) is 26.2 Å². The molecule has 2 aromatic heterocycles. The summed E-state index contributed by atoms with van der Waals surface area (Å²) in [5.41, 5.74) is 0.822. The van der Waals surface area contributed by atoms with Gasteiger partial charge >= 0.3 is 0 Å². The van der Waals surface area contributed by atoms with Crippen molar-refractivity contribution < 1.29 is 13.2 Å². The van der Waals surface area contributed by atoms with Crippen LogP contribution in [0.4, 0.5) is 5.82 Å². The van der Waals surface area contributed by atoms with E-state index in [1.165, 1.54) is 0 Å². The summed E-state index contributed by atoms with van der Waals surface area (Å²) in [5.74, 6) is 1.33. The first-order valence-corrected chi connectivity index (χ1v) is 11.2. The van der Waals surface area contributed by atoms with E-state index >= 15 is 0 Å². The smallest absolute Gasteiger partial charge is 0.214 e. The van der Waals surface area contributed by atoms with Crippen LogP contribution < -0.4 is 4.90 Å². The molecule has 1 atom stereocenters. The van der Waals surface area contributed by atoms with E-state index in [-0.39, 0.29) is 17.8 Å². The number of morpholine rings is 1. The fraction of sp³-hybridized carbons (Fsp3) is 0.667. The Bertz CT molecular complexity index is 893. The summed E-state index contributed by atoms with van der Waals surface area (Å²) in [6.45, 7) is 3.48. The number of aromatic nitrogens is 3. The van der Waals surface area contributed by atoms with Crippen LogP contribution >= 0.6 is 0 Å². The number of nitrogens with zero attached hydrogens (tertiary/aromatic N) is 4. The van der Waals surface area contributed by atoms with Gasteiger partial charge in [-0.3, -0.25) is 0 Å². The van der Waals surface area contributed by atoms with Crippen LogP contribution in [0, 0.1) is 5.92 Å². The van der Waals surface area contributed by atoms with Crippen molar-refractivity contribution in [2.75, 3.05) is 37.4 Å². The molecule has 148 valence electrons. The van der Waals surface area contributed by atoms with Gasteiger partial charge in [0.1, 0.15) is 17.8 Å². The Kier molecular flexibility index (Phi) is 5.09. The Morgan fingerprint density at radius 3 is 2.96 bits per heavy atom. The maximum atomic E-state index is 12.8. The molecule has 1 aliphatic heterocycles. The number of ether oxygens (including phenoxy) is 1. The quantitative estimate of drug-likeness (QED) is 0.802. The molecular weight excluding hydrogens is 366 g/mol. The zero-order chi connectivity index (χ0) is 19.0. The van der Waals surface area contributed by atoms with Gasteiger partial charge in [-0.1, -0.05) is 6.92 Å². The molecular formula is C18H27N5O3S. The van der Waals surface area contributed by atoms with Gasteiger partial charge in [0.15, 0.2) is 0 Å². The number of hydrogen-bond donors (Lipinski definition) is 1. The van der Waals surface area contributed by atoms with E-state index in [2.05, 4.69) is 19.9 Å². The third kappa shape index (κ3) is 3.68. The Morgan fingerprint density at radius 2 is 2.19 bits per heavy atom. The topological polar surface area (TPSA) is 91.4 Å². The van der Waals surface area contributed by atoms with Crippen molar-refractivity contribution in [3.8, 4) is 0 Å². The van der Waals surface area contributed by atoms with E-state index in [1.54, 1.807) is 10.6 Å². The fourth-order valence-electron chi connectivity index (χ4n) is 4.06. The molecule has 1 aliphatic carbocycles. The van der Waals surface area contributed by atoms with Crippen LogP contribution in [0.15, 0.2) is 18.6 Å². The number of rotatable bonds is 6. The molecule has 2 aromatic rings. The predicted molar refractivity (Wildman–Crippen MR) is 104 cm³/mol. The number of hydrogen-bond acceptors (Lipinski definition) is 6. The fourth-order valence-corrected chi connectivity index (χ4v) is 5.89. The summed E-state index contributed by atoms with van der Waals surface area (Å²) in [6.07, 6.45) is 6.03. The lowest BCUT2D eigenvalue weighted by atomic mass is 9.81. The van der Waals surface area contributed by atoms with Crippen LogP contribution in [-0.4, -0.2) is 72.3 Å². The van der Waals surface area contributed by atoms with Crippen LogP contribution in [-0.2, 0) is 14.8 Å². The minimum Gasteiger partial charge on any atom is -0.375 e. The maximum absolute atomic E-state index is 12.8. The average molecular weight is 394 g/mol. The van der Waals surface area contributed by atoms with E-state index in [0.29, 0.717) is 25.7 Å². The lowest BCUT2D eigenvalue weighted by molar-refractivity contribution is -0.00297. The minimum absolute atomic E-state index is 0.0234. The summed E-state index contributed by atoms with van der Waals surface area (Å²) in [4.78, 5) is 13.9. The normalized spacial score (nSPS) is 26.8. The Labute approximate surface area is 160 Å². The minimum atomic E-state index is -3.22. The summed E-state index contributed by atoms with van der Waals surface area (Å²) in [7, 11) is -1.20. The molecule has 8 nitrogen and oxygen atoms in total. The van der Waals surface area contributed by atoms with E-state index in [9.17, 15) is 8.42 Å². The zero-order valence-electron chi connectivity index (χ0n) is 15.8. The van der Waals surface area contributed by atoms with Gasteiger partial charge in [0.25, 0.3) is 0 Å². The molecule has 27 heavy (non-hydrogen) atoms. The number of fused-ring (bicyclic) bond motifs is 1. The molecule has 1 saturated carbocycles. The van der Waals surface area contributed by atoms with Crippen molar-refractivity contribution in [2.45, 2.75) is 38.3 Å². The molecule has 0 amide bonds. The highest BCUT2D eigenvalue weighted by Crippen LogP contribution is 2.36. The van der Waals surface area contributed by atoms with Gasteiger partial charge in [0, 0.05) is 32.4 Å². The highest BCUT2D eigenvalue weighted by atomic mass is 32.2. The molecule has 1 N–H and O–H groups in total. The van der Waals surface area contributed by atoms with Crippen LogP contribution in [0.1, 0.15) is 26.2 Å². The van der Waals surface area contributed by atoms with Crippen molar-refractivity contribution in [1.29, 1.82) is 0 Å². The predicted octanol–water partition coefficient (Wildman–Crippen LogP) is 1.61. The van der Waals surface area contributed by atoms with Gasteiger partial charge < -0.3 is 14.6 Å². The van der Waals surface area contributed by atoms with Crippen LogP contribution in [0.3, 0.4) is 0 Å². The van der Waals surface area contributed by atoms with Crippen molar-refractivity contribution >= 4 is 26.9 Å². The van der Waals surface area contributed by atoms with Gasteiger partial charge in [-0.2, -0.15) is 4.31 Å².